The Hall–Kier alpha value is -4.16. The van der Waals surface area contributed by atoms with Crippen LogP contribution >= 0.6 is 17.0 Å². The number of nitrogens with zero attached hydrogens (tertiary/aromatic N) is 4. The van der Waals surface area contributed by atoms with Gasteiger partial charge in [0.15, 0.2) is 28.7 Å². The minimum absolute atomic E-state index is 0. The first-order valence-electron chi connectivity index (χ1n) is 14.0. The average Bonchev–Trinajstić information content (AvgIpc) is 3.25. The van der Waals surface area contributed by atoms with Crippen molar-refractivity contribution in [1.82, 2.24) is 15.2 Å². The summed E-state index contributed by atoms with van der Waals surface area (Å²) < 4.78 is 17.8. The molecule has 2 aromatic rings. The fraction of sp³-hybridized carbons (Fsp3) is 0.484. The van der Waals surface area contributed by atoms with Crippen LogP contribution in [0.2, 0.25) is 0 Å². The number of nitrogens with one attached hydrogen (secondary N) is 2. The van der Waals surface area contributed by atoms with Gasteiger partial charge in [-0.1, -0.05) is 20.8 Å². The molecule has 1 aromatic heterocycles. The summed E-state index contributed by atoms with van der Waals surface area (Å²) in [6.07, 6.45) is 1.76. The number of benzene rings is 1. The molecule has 0 radical (unpaired) electrons. The second-order valence-electron chi connectivity index (χ2n) is 10.8. The van der Waals surface area contributed by atoms with E-state index in [-0.39, 0.29) is 54.0 Å². The Morgan fingerprint density at radius 1 is 1.05 bits per heavy atom. The molecule has 0 saturated carbocycles. The molecule has 0 aliphatic carbocycles. The Balaban J connectivity index is 0.00000645. The van der Waals surface area contributed by atoms with Crippen LogP contribution in [0.25, 0.3) is 0 Å². The molecule has 230 valence electrons. The van der Waals surface area contributed by atoms with Gasteiger partial charge in [-0.15, -0.1) is 17.0 Å². The molecule has 12 heteroatoms. The number of amides is 1. The molecule has 1 aromatic carbocycles. The molecule has 1 aliphatic heterocycles. The summed E-state index contributed by atoms with van der Waals surface area (Å²) in [6, 6.07) is 9.36. The smallest absolute Gasteiger partial charge is 0.273 e. The normalized spacial score (nSPS) is 12.0. The number of carbonyl (C=O) groups is 2. The van der Waals surface area contributed by atoms with E-state index in [9.17, 15) is 9.59 Å². The SMILES string of the molecule is Br.CCOc1cc2c(nc1C(=O)NC)C(=N)N(CC(=O)c1cc(OCCCC#N)c(OCCCC#N)c(C(C)(C)C)c1)C2. The third-order valence-corrected chi connectivity index (χ3v) is 6.60. The van der Waals surface area contributed by atoms with Crippen molar-refractivity contribution in [2.75, 3.05) is 33.4 Å². The highest BCUT2D eigenvalue weighted by molar-refractivity contribution is 8.93. The van der Waals surface area contributed by atoms with Crippen LogP contribution in [-0.4, -0.2) is 60.8 Å². The summed E-state index contributed by atoms with van der Waals surface area (Å²) in [5.74, 6) is 0.648. The molecular weight excluding hydrogens is 616 g/mol. The summed E-state index contributed by atoms with van der Waals surface area (Å²) >= 11 is 0. The van der Waals surface area contributed by atoms with Crippen molar-refractivity contribution in [2.24, 2.45) is 0 Å². The molecule has 3 rings (SSSR count). The number of Topliss-reactive ketones (excluding diaryl/α,β-unsaturated/α-hetero) is 1. The van der Waals surface area contributed by atoms with E-state index >= 15 is 0 Å². The number of hydrogen-bond donors (Lipinski definition) is 2. The zero-order chi connectivity index (χ0) is 30.9. The predicted molar refractivity (Wildman–Crippen MR) is 167 cm³/mol. The Labute approximate surface area is 263 Å². The zero-order valence-corrected chi connectivity index (χ0v) is 27.0. The molecule has 1 aliphatic rings. The highest BCUT2D eigenvalue weighted by Crippen LogP contribution is 2.40. The van der Waals surface area contributed by atoms with E-state index in [4.69, 9.17) is 30.1 Å². The number of ether oxygens (including phenoxy) is 3. The molecule has 0 atom stereocenters. The Morgan fingerprint density at radius 2 is 1.70 bits per heavy atom. The molecule has 0 saturated heterocycles. The van der Waals surface area contributed by atoms with Gasteiger partial charge in [-0.2, -0.15) is 10.5 Å². The van der Waals surface area contributed by atoms with Gasteiger partial charge in [0.1, 0.15) is 11.5 Å². The van der Waals surface area contributed by atoms with Crippen molar-refractivity contribution in [3.63, 3.8) is 0 Å². The van der Waals surface area contributed by atoms with Gasteiger partial charge >= 0.3 is 0 Å². The van der Waals surface area contributed by atoms with Crippen LogP contribution in [0.5, 0.6) is 17.2 Å². The van der Waals surface area contributed by atoms with E-state index in [0.29, 0.717) is 73.0 Å². The lowest BCUT2D eigenvalue weighted by Crippen LogP contribution is -2.31. The van der Waals surface area contributed by atoms with E-state index in [1.807, 2.05) is 27.7 Å². The van der Waals surface area contributed by atoms with Crippen LogP contribution in [-0.2, 0) is 12.0 Å². The van der Waals surface area contributed by atoms with Crippen LogP contribution in [0.4, 0.5) is 0 Å². The number of carbonyl (C=O) groups excluding carboxylic acids is 2. The lowest BCUT2D eigenvalue weighted by Gasteiger charge is -2.26. The molecule has 0 unspecified atom stereocenters. The quantitative estimate of drug-likeness (QED) is 0.208. The van der Waals surface area contributed by atoms with E-state index < -0.39 is 11.3 Å². The molecule has 0 spiro atoms. The Kier molecular flexibility index (Phi) is 13.0. The second kappa shape index (κ2) is 15.9. The fourth-order valence-electron chi connectivity index (χ4n) is 4.48. The monoisotopic (exact) mass is 654 g/mol. The first-order valence-corrected chi connectivity index (χ1v) is 14.0. The summed E-state index contributed by atoms with van der Waals surface area (Å²) in [5, 5.41) is 29.1. The van der Waals surface area contributed by atoms with Gasteiger partial charge < -0.3 is 24.4 Å². The summed E-state index contributed by atoms with van der Waals surface area (Å²) in [6.45, 7) is 8.96. The van der Waals surface area contributed by atoms with Crippen molar-refractivity contribution in [1.29, 1.82) is 15.9 Å². The second-order valence-corrected chi connectivity index (χ2v) is 10.8. The van der Waals surface area contributed by atoms with Crippen LogP contribution < -0.4 is 19.5 Å². The van der Waals surface area contributed by atoms with E-state index in [1.54, 1.807) is 23.1 Å². The van der Waals surface area contributed by atoms with Gasteiger partial charge in [0.2, 0.25) is 0 Å². The number of hydrogen-bond acceptors (Lipinski definition) is 9. The van der Waals surface area contributed by atoms with Crippen LogP contribution in [0.1, 0.15) is 91.0 Å². The number of aromatic nitrogens is 1. The number of ketones is 1. The summed E-state index contributed by atoms with van der Waals surface area (Å²) in [7, 11) is 1.50. The number of halogens is 1. The molecule has 43 heavy (non-hydrogen) atoms. The maximum absolute atomic E-state index is 13.7. The zero-order valence-electron chi connectivity index (χ0n) is 25.3. The molecule has 0 fully saturated rings. The minimum Gasteiger partial charge on any atom is -0.491 e. The lowest BCUT2D eigenvalue weighted by atomic mass is 9.84. The van der Waals surface area contributed by atoms with Crippen LogP contribution in [0.3, 0.4) is 0 Å². The third-order valence-electron chi connectivity index (χ3n) is 6.60. The van der Waals surface area contributed by atoms with E-state index in [1.165, 1.54) is 7.05 Å². The maximum atomic E-state index is 13.7. The standard InChI is InChI=1S/C31H38N6O5.BrH/c1-6-40-24-17-21-18-37(29(34)26(21)36-27(24)30(39)35-5)19-23(38)20-15-22(31(2,3)4)28(42-14-10-8-12-33)25(16-20)41-13-9-7-11-32;/h15-17,34H,6-10,13-14,18-19H2,1-5H3,(H,35,39);1H. The Bertz CT molecular complexity index is 1420. The minimum atomic E-state index is -0.421. The topological polar surface area (TPSA) is 161 Å². The molecule has 1 amide bonds. The van der Waals surface area contributed by atoms with Gasteiger partial charge in [0.05, 0.1) is 38.5 Å². The van der Waals surface area contributed by atoms with E-state index in [2.05, 4.69) is 22.4 Å². The van der Waals surface area contributed by atoms with E-state index in [0.717, 1.165) is 5.56 Å². The number of fused-ring (bicyclic) bond motifs is 1. The van der Waals surface area contributed by atoms with Gasteiger partial charge in [0, 0.05) is 43.1 Å². The highest BCUT2D eigenvalue weighted by atomic mass is 79.9. The first kappa shape index (κ1) is 35.0. The van der Waals surface area contributed by atoms with Crippen molar-refractivity contribution < 1.29 is 23.8 Å². The van der Waals surface area contributed by atoms with Crippen molar-refractivity contribution in [3.05, 3.63) is 46.3 Å². The number of unbranched alkanes of at least 4 members (excludes halogenated alkanes) is 2. The van der Waals surface area contributed by atoms with Gasteiger partial charge in [-0.3, -0.25) is 15.0 Å². The number of nitriles is 2. The van der Waals surface area contributed by atoms with Gasteiger partial charge in [0.25, 0.3) is 5.91 Å². The van der Waals surface area contributed by atoms with Crippen LogP contribution in [0.15, 0.2) is 18.2 Å². The summed E-state index contributed by atoms with van der Waals surface area (Å²) in [4.78, 5) is 32.1. The third kappa shape index (κ3) is 8.68. The summed E-state index contributed by atoms with van der Waals surface area (Å²) in [5.41, 5.74) is 1.90. The van der Waals surface area contributed by atoms with Crippen molar-refractivity contribution in [2.45, 2.75) is 65.3 Å². The molecule has 2 N–H and O–H groups in total. The van der Waals surface area contributed by atoms with Crippen molar-refractivity contribution in [3.8, 4) is 29.4 Å². The lowest BCUT2D eigenvalue weighted by molar-refractivity contribution is 0.0949. The molecular formula is C31H39BrN6O5. The fourth-order valence-corrected chi connectivity index (χ4v) is 4.48. The predicted octanol–water partition coefficient (Wildman–Crippen LogP) is 5.10. The molecule has 11 nitrogen and oxygen atoms in total. The van der Waals surface area contributed by atoms with Crippen LogP contribution in [0, 0.1) is 28.1 Å². The number of rotatable bonds is 14. The highest BCUT2D eigenvalue weighted by Gasteiger charge is 2.32. The number of amidine groups is 1. The molecule has 2 heterocycles. The first-order chi connectivity index (χ1) is 20.0. The molecule has 0 bridgehead atoms. The van der Waals surface area contributed by atoms with Gasteiger partial charge in [-0.05, 0) is 43.4 Å². The van der Waals surface area contributed by atoms with Crippen molar-refractivity contribution >= 4 is 34.5 Å². The Morgan fingerprint density at radius 3 is 2.28 bits per heavy atom. The van der Waals surface area contributed by atoms with Gasteiger partial charge in [-0.25, -0.2) is 4.98 Å². The average molecular weight is 656 g/mol. The largest absolute Gasteiger partial charge is 0.491 e. The number of pyridine rings is 1. The maximum Gasteiger partial charge on any atom is 0.273 e.